The molecular weight excluding hydrogens is 260 g/mol. The predicted molar refractivity (Wildman–Crippen MR) is 77.8 cm³/mol. The molecule has 1 aliphatic rings. The van der Waals surface area contributed by atoms with Crippen LogP contribution in [-0.4, -0.2) is 31.2 Å². The van der Waals surface area contributed by atoms with Gasteiger partial charge in [0.15, 0.2) is 5.13 Å². The second-order valence-corrected chi connectivity index (χ2v) is 6.66. The minimum Gasteiger partial charge on any atom is -0.468 e. The molecule has 0 spiro atoms. The molecule has 0 N–H and O–H groups in total. The molecule has 0 amide bonds. The fourth-order valence-electron chi connectivity index (χ4n) is 2.42. The molecule has 0 saturated carbocycles. The molecule has 1 aromatic heterocycles. The van der Waals surface area contributed by atoms with Gasteiger partial charge in [0.05, 0.1) is 12.8 Å². The average molecular weight is 282 g/mol. The maximum atomic E-state index is 11.8. The summed E-state index contributed by atoms with van der Waals surface area (Å²) in [4.78, 5) is 18.8. The van der Waals surface area contributed by atoms with Crippen LogP contribution in [0.5, 0.6) is 0 Å². The van der Waals surface area contributed by atoms with Crippen molar-refractivity contribution in [3.8, 4) is 0 Å². The minimum absolute atomic E-state index is 0.239. The average Bonchev–Trinajstić information content (AvgIpc) is 2.88. The van der Waals surface area contributed by atoms with Gasteiger partial charge >= 0.3 is 5.97 Å². The van der Waals surface area contributed by atoms with Gasteiger partial charge in [-0.2, -0.15) is 0 Å². The third-order valence-electron chi connectivity index (χ3n) is 3.76. The number of hydrogen-bond donors (Lipinski definition) is 0. The van der Waals surface area contributed by atoms with Crippen molar-refractivity contribution in [2.45, 2.75) is 39.0 Å². The first-order chi connectivity index (χ1) is 8.95. The van der Waals surface area contributed by atoms with E-state index in [0.29, 0.717) is 0 Å². The van der Waals surface area contributed by atoms with Gasteiger partial charge in [0.1, 0.15) is 5.41 Å². The van der Waals surface area contributed by atoms with Crippen molar-refractivity contribution in [2.24, 2.45) is 5.92 Å². The van der Waals surface area contributed by atoms with Crippen LogP contribution in [0.3, 0.4) is 0 Å². The second-order valence-electron chi connectivity index (χ2n) is 5.83. The lowest BCUT2D eigenvalue weighted by Gasteiger charge is -2.30. The highest BCUT2D eigenvalue weighted by molar-refractivity contribution is 7.13. The van der Waals surface area contributed by atoms with Gasteiger partial charge < -0.3 is 9.64 Å². The number of hydrogen-bond acceptors (Lipinski definition) is 5. The summed E-state index contributed by atoms with van der Waals surface area (Å²) in [6.07, 6.45) is 2.51. The largest absolute Gasteiger partial charge is 0.468 e. The molecule has 106 valence electrons. The minimum atomic E-state index is -0.676. The van der Waals surface area contributed by atoms with Gasteiger partial charge in [0.2, 0.25) is 0 Å². The monoisotopic (exact) mass is 282 g/mol. The van der Waals surface area contributed by atoms with Crippen LogP contribution in [0, 0.1) is 5.92 Å². The smallest absolute Gasteiger partial charge is 0.317 e. The summed E-state index contributed by atoms with van der Waals surface area (Å²) in [5.74, 6) is 0.478. The van der Waals surface area contributed by atoms with E-state index in [9.17, 15) is 4.79 Å². The summed E-state index contributed by atoms with van der Waals surface area (Å²) in [5.41, 5.74) is 0.128. The molecule has 0 aliphatic carbocycles. The lowest BCUT2D eigenvalue weighted by Crippen LogP contribution is -2.34. The number of carbonyl (C=O) groups is 1. The zero-order valence-electron chi connectivity index (χ0n) is 12.1. The quantitative estimate of drug-likeness (QED) is 0.800. The third kappa shape index (κ3) is 2.91. The fourth-order valence-corrected chi connectivity index (χ4v) is 3.45. The predicted octanol–water partition coefficient (Wildman–Crippen LogP) is 2.83. The Bertz CT molecular complexity index is 456. The second kappa shape index (κ2) is 5.49. The summed E-state index contributed by atoms with van der Waals surface area (Å²) in [6.45, 7) is 8.12. The van der Waals surface area contributed by atoms with Crippen LogP contribution in [0.2, 0.25) is 0 Å². The van der Waals surface area contributed by atoms with E-state index in [0.717, 1.165) is 29.8 Å². The van der Waals surface area contributed by atoms with E-state index in [4.69, 9.17) is 4.74 Å². The third-order valence-corrected chi connectivity index (χ3v) is 4.66. The number of anilines is 1. The molecule has 2 rings (SSSR count). The molecule has 1 fully saturated rings. The van der Waals surface area contributed by atoms with E-state index in [1.165, 1.54) is 20.0 Å². The highest BCUT2D eigenvalue weighted by atomic mass is 32.1. The number of carbonyl (C=O) groups excluding carboxylic acids is 1. The van der Waals surface area contributed by atoms with Crippen molar-refractivity contribution in [3.63, 3.8) is 0 Å². The Hall–Kier alpha value is -1.10. The van der Waals surface area contributed by atoms with E-state index in [-0.39, 0.29) is 5.97 Å². The molecule has 1 unspecified atom stereocenters. The van der Waals surface area contributed by atoms with E-state index >= 15 is 0 Å². The number of esters is 1. The first-order valence-corrected chi connectivity index (χ1v) is 7.62. The zero-order valence-corrected chi connectivity index (χ0v) is 12.9. The number of thiazole rings is 1. The number of nitrogens with zero attached hydrogens (tertiary/aromatic N) is 2. The lowest BCUT2D eigenvalue weighted by molar-refractivity contribution is -0.146. The van der Waals surface area contributed by atoms with Crippen molar-refractivity contribution in [2.75, 3.05) is 25.1 Å². The Kier molecular flexibility index (Phi) is 4.13. The Morgan fingerprint density at radius 1 is 1.58 bits per heavy atom. The van der Waals surface area contributed by atoms with Crippen LogP contribution < -0.4 is 4.90 Å². The topological polar surface area (TPSA) is 42.4 Å². The van der Waals surface area contributed by atoms with Crippen LogP contribution in [-0.2, 0) is 14.9 Å². The molecule has 2 heterocycles. The summed E-state index contributed by atoms with van der Waals surface area (Å²) in [7, 11) is 1.42. The van der Waals surface area contributed by atoms with Gasteiger partial charge in [-0.05, 0) is 32.6 Å². The van der Waals surface area contributed by atoms with Crippen molar-refractivity contribution in [1.82, 2.24) is 4.98 Å². The summed E-state index contributed by atoms with van der Waals surface area (Å²) >= 11 is 1.62. The van der Waals surface area contributed by atoms with Crippen molar-refractivity contribution < 1.29 is 9.53 Å². The van der Waals surface area contributed by atoms with E-state index in [1.54, 1.807) is 11.3 Å². The maximum absolute atomic E-state index is 11.8. The Balaban J connectivity index is 2.16. The number of rotatable bonds is 3. The highest BCUT2D eigenvalue weighted by Gasteiger charge is 2.34. The number of aromatic nitrogens is 1. The molecule has 1 aromatic rings. The first kappa shape index (κ1) is 14.3. The maximum Gasteiger partial charge on any atom is 0.317 e. The molecule has 1 aliphatic heterocycles. The van der Waals surface area contributed by atoms with Gasteiger partial charge in [-0.15, -0.1) is 11.3 Å². The van der Waals surface area contributed by atoms with Gasteiger partial charge in [0, 0.05) is 18.5 Å². The fraction of sp³-hybridized carbons (Fsp3) is 0.714. The SMILES string of the molecule is COC(=O)C(C)(C)c1csc(N2CCCC(C)C2)n1. The van der Waals surface area contributed by atoms with Crippen molar-refractivity contribution in [1.29, 1.82) is 0 Å². The van der Waals surface area contributed by atoms with E-state index in [1.807, 2.05) is 19.2 Å². The molecule has 0 bridgehead atoms. The van der Waals surface area contributed by atoms with Crippen LogP contribution >= 0.6 is 11.3 Å². The number of methoxy groups -OCH3 is 1. The highest BCUT2D eigenvalue weighted by Crippen LogP contribution is 2.31. The molecular formula is C14H22N2O2S. The van der Waals surface area contributed by atoms with Crippen LogP contribution in [0.1, 0.15) is 39.3 Å². The molecule has 0 radical (unpaired) electrons. The molecule has 0 aromatic carbocycles. The molecule has 4 nitrogen and oxygen atoms in total. The normalized spacial score (nSPS) is 20.4. The lowest BCUT2D eigenvalue weighted by atomic mass is 9.90. The van der Waals surface area contributed by atoms with Crippen LogP contribution in [0.25, 0.3) is 0 Å². The summed E-state index contributed by atoms with van der Waals surface area (Å²) in [5, 5.41) is 3.00. The number of ether oxygens (including phenoxy) is 1. The zero-order chi connectivity index (χ0) is 14.0. The van der Waals surface area contributed by atoms with Crippen LogP contribution in [0.4, 0.5) is 5.13 Å². The first-order valence-electron chi connectivity index (χ1n) is 6.74. The van der Waals surface area contributed by atoms with Gasteiger partial charge in [0.25, 0.3) is 0 Å². The number of piperidine rings is 1. The molecule has 1 atom stereocenters. The summed E-state index contributed by atoms with van der Waals surface area (Å²) in [6, 6.07) is 0. The van der Waals surface area contributed by atoms with Crippen molar-refractivity contribution in [3.05, 3.63) is 11.1 Å². The Labute approximate surface area is 118 Å². The molecule has 19 heavy (non-hydrogen) atoms. The standard InChI is InChI=1S/C14H22N2O2S/c1-10-6-5-7-16(8-10)13-15-11(9-19-13)14(2,3)12(17)18-4/h9-10H,5-8H2,1-4H3. The van der Waals surface area contributed by atoms with E-state index < -0.39 is 5.41 Å². The molecule has 5 heteroatoms. The van der Waals surface area contributed by atoms with Crippen LogP contribution in [0.15, 0.2) is 5.38 Å². The van der Waals surface area contributed by atoms with Gasteiger partial charge in [-0.25, -0.2) is 4.98 Å². The van der Waals surface area contributed by atoms with Gasteiger partial charge in [-0.1, -0.05) is 6.92 Å². The Morgan fingerprint density at radius 3 is 2.95 bits per heavy atom. The molecule has 1 saturated heterocycles. The van der Waals surface area contributed by atoms with Gasteiger partial charge in [-0.3, -0.25) is 4.79 Å². The van der Waals surface area contributed by atoms with Crippen molar-refractivity contribution >= 4 is 22.4 Å². The van der Waals surface area contributed by atoms with E-state index in [2.05, 4.69) is 16.8 Å². The summed E-state index contributed by atoms with van der Waals surface area (Å²) < 4.78 is 4.85. The Morgan fingerprint density at radius 2 is 2.32 bits per heavy atom.